The van der Waals surface area contributed by atoms with Gasteiger partial charge in [-0.15, -0.1) is 0 Å². The summed E-state index contributed by atoms with van der Waals surface area (Å²) >= 11 is 0. The molecule has 2 aromatic rings. The van der Waals surface area contributed by atoms with Gasteiger partial charge in [0.2, 0.25) is 0 Å². The van der Waals surface area contributed by atoms with Crippen LogP contribution >= 0.6 is 0 Å². The van der Waals surface area contributed by atoms with E-state index in [0.717, 1.165) is 16.7 Å². The molecule has 0 unspecified atom stereocenters. The van der Waals surface area contributed by atoms with Crippen LogP contribution in [-0.2, 0) is 0 Å². The van der Waals surface area contributed by atoms with Crippen LogP contribution in [0.4, 0.5) is 0 Å². The third-order valence-electron chi connectivity index (χ3n) is 2.64. The van der Waals surface area contributed by atoms with E-state index in [-0.39, 0.29) is 0 Å². The van der Waals surface area contributed by atoms with Crippen molar-refractivity contribution in [2.75, 3.05) is 14.2 Å². The van der Waals surface area contributed by atoms with Crippen molar-refractivity contribution in [3.8, 4) is 17.6 Å². The SMILES string of the molecule is COc1ccc(OC)c2c(C)cc(C#N)nc12. The van der Waals surface area contributed by atoms with Gasteiger partial charge < -0.3 is 9.47 Å². The minimum absolute atomic E-state index is 0.376. The van der Waals surface area contributed by atoms with Crippen LogP contribution in [-0.4, -0.2) is 19.2 Å². The van der Waals surface area contributed by atoms with Gasteiger partial charge in [0.1, 0.15) is 28.8 Å². The number of methoxy groups -OCH3 is 2. The van der Waals surface area contributed by atoms with Gasteiger partial charge in [0, 0.05) is 5.39 Å². The van der Waals surface area contributed by atoms with E-state index >= 15 is 0 Å². The smallest absolute Gasteiger partial charge is 0.145 e. The summed E-state index contributed by atoms with van der Waals surface area (Å²) in [4.78, 5) is 4.27. The van der Waals surface area contributed by atoms with Crippen molar-refractivity contribution in [1.82, 2.24) is 4.98 Å². The Balaban J connectivity index is 2.91. The molecule has 0 radical (unpaired) electrons. The summed E-state index contributed by atoms with van der Waals surface area (Å²) in [6, 6.07) is 7.40. The van der Waals surface area contributed by atoms with Crippen molar-refractivity contribution in [1.29, 1.82) is 5.26 Å². The maximum Gasteiger partial charge on any atom is 0.145 e. The molecule has 0 aliphatic heterocycles. The van der Waals surface area contributed by atoms with Crippen LogP contribution in [0.15, 0.2) is 18.2 Å². The maximum atomic E-state index is 8.93. The molecule has 4 nitrogen and oxygen atoms in total. The first-order chi connectivity index (χ1) is 8.21. The predicted octanol–water partition coefficient (Wildman–Crippen LogP) is 2.43. The van der Waals surface area contributed by atoms with Gasteiger partial charge in [-0.3, -0.25) is 0 Å². The van der Waals surface area contributed by atoms with Crippen LogP contribution in [0.5, 0.6) is 11.5 Å². The fraction of sp³-hybridized carbons (Fsp3) is 0.231. The highest BCUT2D eigenvalue weighted by Gasteiger charge is 2.12. The van der Waals surface area contributed by atoms with Crippen LogP contribution in [0.1, 0.15) is 11.3 Å². The minimum Gasteiger partial charge on any atom is -0.496 e. The number of nitrogens with zero attached hydrogens (tertiary/aromatic N) is 2. The average Bonchev–Trinajstić information content (AvgIpc) is 2.37. The summed E-state index contributed by atoms with van der Waals surface area (Å²) in [6.45, 7) is 1.92. The normalized spacial score (nSPS) is 10.0. The zero-order valence-corrected chi connectivity index (χ0v) is 9.94. The Morgan fingerprint density at radius 3 is 2.41 bits per heavy atom. The molecular formula is C13H12N2O2. The molecule has 0 atom stereocenters. The number of ether oxygens (including phenoxy) is 2. The quantitative estimate of drug-likeness (QED) is 0.792. The minimum atomic E-state index is 0.376. The number of fused-ring (bicyclic) bond motifs is 1. The predicted molar refractivity (Wildman–Crippen MR) is 64.3 cm³/mol. The molecule has 0 fully saturated rings. The number of rotatable bonds is 2. The molecule has 0 aliphatic rings. The van der Waals surface area contributed by atoms with Gasteiger partial charge in [-0.2, -0.15) is 5.26 Å². The number of hydrogen-bond donors (Lipinski definition) is 0. The van der Waals surface area contributed by atoms with Gasteiger partial charge in [-0.05, 0) is 30.7 Å². The molecular weight excluding hydrogens is 216 g/mol. The Morgan fingerprint density at radius 1 is 1.18 bits per heavy atom. The average molecular weight is 228 g/mol. The van der Waals surface area contributed by atoms with Gasteiger partial charge in [-0.1, -0.05) is 0 Å². The summed E-state index contributed by atoms with van der Waals surface area (Å²) in [5.74, 6) is 1.37. The van der Waals surface area contributed by atoms with E-state index in [9.17, 15) is 0 Å². The van der Waals surface area contributed by atoms with Gasteiger partial charge in [0.05, 0.1) is 14.2 Å². The second-order valence-corrected chi connectivity index (χ2v) is 3.63. The van der Waals surface area contributed by atoms with Crippen LogP contribution in [0, 0.1) is 18.3 Å². The van der Waals surface area contributed by atoms with Gasteiger partial charge in [-0.25, -0.2) is 4.98 Å². The number of hydrogen-bond acceptors (Lipinski definition) is 4. The molecule has 0 aliphatic carbocycles. The van der Waals surface area contributed by atoms with E-state index in [1.54, 1.807) is 26.4 Å². The molecule has 0 bridgehead atoms. The molecule has 1 aromatic heterocycles. The number of aryl methyl sites for hydroxylation is 1. The van der Waals surface area contributed by atoms with E-state index in [4.69, 9.17) is 14.7 Å². The molecule has 1 heterocycles. The molecule has 2 rings (SSSR count). The Kier molecular flexibility index (Phi) is 2.84. The number of aromatic nitrogens is 1. The molecule has 1 aromatic carbocycles. The van der Waals surface area contributed by atoms with Crippen molar-refractivity contribution >= 4 is 10.9 Å². The Labute approximate surface area is 99.4 Å². The summed E-state index contributed by atoms with van der Waals surface area (Å²) in [7, 11) is 3.19. The Hall–Kier alpha value is -2.28. The van der Waals surface area contributed by atoms with Gasteiger partial charge in [0.25, 0.3) is 0 Å². The third-order valence-corrected chi connectivity index (χ3v) is 2.64. The lowest BCUT2D eigenvalue weighted by atomic mass is 10.1. The molecule has 0 N–H and O–H groups in total. The maximum absolute atomic E-state index is 8.93. The molecule has 17 heavy (non-hydrogen) atoms. The zero-order chi connectivity index (χ0) is 12.4. The highest BCUT2D eigenvalue weighted by molar-refractivity contribution is 5.93. The van der Waals surface area contributed by atoms with E-state index in [1.807, 2.05) is 19.1 Å². The zero-order valence-electron chi connectivity index (χ0n) is 9.94. The van der Waals surface area contributed by atoms with E-state index in [1.165, 1.54) is 0 Å². The van der Waals surface area contributed by atoms with Gasteiger partial charge >= 0.3 is 0 Å². The largest absolute Gasteiger partial charge is 0.496 e. The fourth-order valence-corrected chi connectivity index (χ4v) is 1.87. The first-order valence-electron chi connectivity index (χ1n) is 5.13. The lowest BCUT2D eigenvalue weighted by Crippen LogP contribution is -1.95. The van der Waals surface area contributed by atoms with Crippen molar-refractivity contribution in [3.05, 3.63) is 29.5 Å². The van der Waals surface area contributed by atoms with E-state index < -0.39 is 0 Å². The van der Waals surface area contributed by atoms with Crippen LogP contribution in [0.3, 0.4) is 0 Å². The summed E-state index contributed by atoms with van der Waals surface area (Å²) in [5, 5.41) is 9.81. The highest BCUT2D eigenvalue weighted by Crippen LogP contribution is 2.34. The summed E-state index contributed by atoms with van der Waals surface area (Å²) in [5.41, 5.74) is 1.98. The molecule has 0 spiro atoms. The first-order valence-corrected chi connectivity index (χ1v) is 5.13. The van der Waals surface area contributed by atoms with Crippen molar-refractivity contribution in [3.63, 3.8) is 0 Å². The molecule has 4 heteroatoms. The number of benzene rings is 1. The lowest BCUT2D eigenvalue weighted by Gasteiger charge is -2.11. The Bertz CT molecular complexity index is 615. The van der Waals surface area contributed by atoms with Gasteiger partial charge in [0.15, 0.2) is 0 Å². The van der Waals surface area contributed by atoms with Crippen LogP contribution in [0.25, 0.3) is 10.9 Å². The van der Waals surface area contributed by atoms with Crippen molar-refractivity contribution in [2.24, 2.45) is 0 Å². The van der Waals surface area contributed by atoms with Crippen molar-refractivity contribution in [2.45, 2.75) is 6.92 Å². The second-order valence-electron chi connectivity index (χ2n) is 3.63. The Morgan fingerprint density at radius 2 is 1.82 bits per heavy atom. The monoisotopic (exact) mass is 228 g/mol. The highest BCUT2D eigenvalue weighted by atomic mass is 16.5. The molecule has 86 valence electrons. The third kappa shape index (κ3) is 1.76. The number of nitriles is 1. The van der Waals surface area contributed by atoms with E-state index in [0.29, 0.717) is 17.0 Å². The molecule has 0 saturated heterocycles. The first kappa shape index (κ1) is 11.2. The fourth-order valence-electron chi connectivity index (χ4n) is 1.87. The second kappa shape index (κ2) is 4.30. The summed E-state index contributed by atoms with van der Waals surface area (Å²) < 4.78 is 10.6. The molecule has 0 amide bonds. The van der Waals surface area contributed by atoms with E-state index in [2.05, 4.69) is 4.98 Å². The lowest BCUT2D eigenvalue weighted by molar-refractivity contribution is 0.409. The van der Waals surface area contributed by atoms with Crippen LogP contribution in [0.2, 0.25) is 0 Å². The van der Waals surface area contributed by atoms with Crippen molar-refractivity contribution < 1.29 is 9.47 Å². The topological polar surface area (TPSA) is 55.1 Å². The molecule has 0 saturated carbocycles. The number of pyridine rings is 1. The standard InChI is InChI=1S/C13H12N2O2/c1-8-6-9(7-14)15-13-11(17-3)5-4-10(16-2)12(8)13/h4-6H,1-3H3. The summed E-state index contributed by atoms with van der Waals surface area (Å²) in [6.07, 6.45) is 0. The van der Waals surface area contributed by atoms with Crippen LogP contribution < -0.4 is 9.47 Å².